The molecule has 2 aromatic carbocycles. The molecule has 5 rings (SSSR count). The van der Waals surface area contributed by atoms with Gasteiger partial charge in [0.25, 0.3) is 0 Å². The second-order valence-corrected chi connectivity index (χ2v) is 12.4. The smallest absolute Gasteiger partial charge is 0.387 e. The first-order valence-corrected chi connectivity index (χ1v) is 14.9. The molecule has 220 valence electrons. The van der Waals surface area contributed by atoms with E-state index in [0.29, 0.717) is 67.7 Å². The first kappa shape index (κ1) is 29.0. The highest BCUT2D eigenvalue weighted by Crippen LogP contribution is 2.75. The number of urea groups is 1. The Morgan fingerprint density at radius 1 is 1.17 bits per heavy atom. The SMILES string of the molecule is CCNC(=O)Nc1ccc(-c2nc(N3CCOC[C@@H]3C)cc(C3(S(O)(O)c4ccc(OC(F)F)cc4)CC3)n2)cc1. The van der Waals surface area contributed by atoms with E-state index in [1.807, 2.05) is 19.9 Å². The highest BCUT2D eigenvalue weighted by molar-refractivity contribution is 8.25. The Morgan fingerprint density at radius 3 is 2.49 bits per heavy atom. The van der Waals surface area contributed by atoms with Gasteiger partial charge in [-0.1, -0.05) is 0 Å². The fourth-order valence-corrected chi connectivity index (χ4v) is 6.92. The molecule has 0 spiro atoms. The Hall–Kier alpha value is -3.52. The zero-order valence-electron chi connectivity index (χ0n) is 22.7. The molecule has 2 heterocycles. The highest BCUT2D eigenvalue weighted by atomic mass is 32.3. The van der Waals surface area contributed by atoms with E-state index in [1.165, 1.54) is 24.3 Å². The van der Waals surface area contributed by atoms with Crippen LogP contribution in [0.1, 0.15) is 32.4 Å². The third-order valence-corrected chi connectivity index (χ3v) is 9.84. The van der Waals surface area contributed by atoms with Crippen molar-refractivity contribution in [1.82, 2.24) is 15.3 Å². The minimum atomic E-state index is -3.44. The number of anilines is 2. The molecule has 13 heteroatoms. The summed E-state index contributed by atoms with van der Waals surface area (Å²) >= 11 is 0. The quantitative estimate of drug-likeness (QED) is 0.243. The van der Waals surface area contributed by atoms with E-state index in [-0.39, 0.29) is 22.7 Å². The normalized spacial score (nSPS) is 18.6. The third kappa shape index (κ3) is 6.08. The van der Waals surface area contributed by atoms with Gasteiger partial charge in [-0.15, -0.1) is 0 Å². The van der Waals surface area contributed by atoms with Crippen LogP contribution < -0.4 is 20.3 Å². The van der Waals surface area contributed by atoms with Gasteiger partial charge in [0.05, 0.1) is 29.8 Å². The number of carbonyl (C=O) groups is 1. The first-order valence-electron chi connectivity index (χ1n) is 13.3. The maximum absolute atomic E-state index is 12.6. The Bertz CT molecular complexity index is 1370. The molecule has 2 amide bonds. The van der Waals surface area contributed by atoms with Gasteiger partial charge in [0.15, 0.2) is 5.82 Å². The van der Waals surface area contributed by atoms with Crippen LogP contribution in [0.4, 0.5) is 25.1 Å². The monoisotopic (exact) mass is 589 g/mol. The van der Waals surface area contributed by atoms with Gasteiger partial charge in [0.1, 0.15) is 16.3 Å². The number of amides is 2. The zero-order valence-corrected chi connectivity index (χ0v) is 23.5. The molecule has 1 aromatic heterocycles. The largest absolute Gasteiger partial charge is 0.435 e. The van der Waals surface area contributed by atoms with Crippen LogP contribution in [-0.2, 0) is 9.48 Å². The van der Waals surface area contributed by atoms with Crippen molar-refractivity contribution in [2.45, 2.75) is 49.0 Å². The molecular formula is C28H33F2N5O5S. The maximum Gasteiger partial charge on any atom is 0.387 e. The number of aromatic nitrogens is 2. The lowest BCUT2D eigenvalue weighted by Crippen LogP contribution is -2.44. The first-order chi connectivity index (χ1) is 19.6. The van der Waals surface area contributed by atoms with Crippen LogP contribution in [0.5, 0.6) is 5.75 Å². The van der Waals surface area contributed by atoms with Gasteiger partial charge in [-0.2, -0.15) is 19.4 Å². The van der Waals surface area contributed by atoms with E-state index in [0.717, 1.165) is 0 Å². The minimum Gasteiger partial charge on any atom is -0.435 e. The molecule has 41 heavy (non-hydrogen) atoms. The number of rotatable bonds is 9. The molecular weight excluding hydrogens is 556 g/mol. The number of nitrogens with zero attached hydrogens (tertiary/aromatic N) is 3. The van der Waals surface area contributed by atoms with Crippen molar-refractivity contribution in [3.63, 3.8) is 0 Å². The van der Waals surface area contributed by atoms with Gasteiger partial charge in [-0.25, -0.2) is 14.8 Å². The number of alkyl halides is 2. The molecule has 1 saturated heterocycles. The maximum atomic E-state index is 12.6. The summed E-state index contributed by atoms with van der Waals surface area (Å²) in [6.45, 7) is 3.07. The predicted octanol–water partition coefficient (Wildman–Crippen LogP) is 5.91. The average molecular weight is 590 g/mol. The lowest BCUT2D eigenvalue weighted by molar-refractivity contribution is -0.0498. The van der Waals surface area contributed by atoms with E-state index in [2.05, 4.69) is 20.3 Å². The van der Waals surface area contributed by atoms with Crippen molar-refractivity contribution >= 4 is 28.1 Å². The summed E-state index contributed by atoms with van der Waals surface area (Å²) in [6, 6.07) is 14.1. The van der Waals surface area contributed by atoms with Gasteiger partial charge < -0.3 is 25.0 Å². The highest BCUT2D eigenvalue weighted by Gasteiger charge is 2.57. The van der Waals surface area contributed by atoms with Gasteiger partial charge in [-0.3, -0.25) is 9.11 Å². The van der Waals surface area contributed by atoms with Crippen LogP contribution in [0.3, 0.4) is 0 Å². The molecule has 0 unspecified atom stereocenters. The van der Waals surface area contributed by atoms with E-state index in [9.17, 15) is 22.7 Å². The van der Waals surface area contributed by atoms with Crippen LogP contribution in [0.2, 0.25) is 0 Å². The van der Waals surface area contributed by atoms with Crippen molar-refractivity contribution in [1.29, 1.82) is 0 Å². The number of benzene rings is 2. The number of carbonyl (C=O) groups excluding carboxylic acids is 1. The Labute approximate surface area is 238 Å². The van der Waals surface area contributed by atoms with Crippen LogP contribution in [-0.4, -0.2) is 64.1 Å². The van der Waals surface area contributed by atoms with Crippen molar-refractivity contribution < 1.29 is 32.2 Å². The summed E-state index contributed by atoms with van der Waals surface area (Å²) in [5.41, 5.74) is 1.79. The summed E-state index contributed by atoms with van der Waals surface area (Å²) in [5.74, 6) is 0.984. The molecule has 1 saturated carbocycles. The summed E-state index contributed by atoms with van der Waals surface area (Å²) in [7, 11) is -3.44. The lowest BCUT2D eigenvalue weighted by Gasteiger charge is -2.41. The van der Waals surface area contributed by atoms with Crippen molar-refractivity contribution in [3.8, 4) is 17.1 Å². The van der Waals surface area contributed by atoms with Crippen molar-refractivity contribution in [2.24, 2.45) is 0 Å². The number of ether oxygens (including phenoxy) is 2. The van der Waals surface area contributed by atoms with Gasteiger partial charge in [-0.05, 0) is 75.2 Å². The molecule has 1 aliphatic heterocycles. The van der Waals surface area contributed by atoms with E-state index >= 15 is 0 Å². The lowest BCUT2D eigenvalue weighted by atomic mass is 10.1. The molecule has 0 radical (unpaired) electrons. The molecule has 1 aliphatic carbocycles. The Kier molecular flexibility index (Phi) is 8.32. The van der Waals surface area contributed by atoms with Crippen LogP contribution in [0.25, 0.3) is 11.4 Å². The van der Waals surface area contributed by atoms with Crippen LogP contribution in [0, 0.1) is 0 Å². The topological polar surface area (TPSA) is 129 Å². The van der Waals surface area contributed by atoms with Crippen LogP contribution >= 0.6 is 10.6 Å². The van der Waals surface area contributed by atoms with Gasteiger partial charge >= 0.3 is 12.6 Å². The Balaban J connectivity index is 1.52. The fraction of sp³-hybridized carbons (Fsp3) is 0.393. The fourth-order valence-electron chi connectivity index (χ4n) is 4.89. The standard InChI is InChI=1S/C28H33F2N5O5S/c1-3-31-27(36)32-20-6-4-19(5-7-20)25-33-23(16-24(34-25)35-14-15-39-17-18(35)2)28(12-13-28)41(37,38)22-10-8-21(9-11-22)40-26(29)30/h4-11,16,18,26,37-38H,3,12-15,17H2,1-2H3,(H2,31,32,36)/t18-/m0/s1. The van der Waals surface area contributed by atoms with E-state index in [4.69, 9.17) is 14.7 Å². The number of halogens is 2. The third-order valence-electron chi connectivity index (χ3n) is 7.21. The number of morpholine rings is 1. The number of hydrogen-bond donors (Lipinski definition) is 4. The molecule has 3 aromatic rings. The molecule has 2 fully saturated rings. The summed E-state index contributed by atoms with van der Waals surface area (Å²) in [4.78, 5) is 23.9. The van der Waals surface area contributed by atoms with E-state index < -0.39 is 21.9 Å². The van der Waals surface area contributed by atoms with E-state index in [1.54, 1.807) is 24.3 Å². The molecule has 0 bridgehead atoms. The second kappa shape index (κ2) is 11.8. The minimum absolute atomic E-state index is 0.0425. The Morgan fingerprint density at radius 2 is 1.88 bits per heavy atom. The molecule has 10 nitrogen and oxygen atoms in total. The van der Waals surface area contributed by atoms with Crippen LogP contribution in [0.15, 0.2) is 59.5 Å². The van der Waals surface area contributed by atoms with Gasteiger partial charge in [0, 0.05) is 30.4 Å². The molecule has 1 atom stereocenters. The zero-order chi connectivity index (χ0) is 29.2. The van der Waals surface area contributed by atoms with Crippen molar-refractivity contribution in [3.05, 3.63) is 60.3 Å². The average Bonchev–Trinajstić information content (AvgIpc) is 3.77. The van der Waals surface area contributed by atoms with Gasteiger partial charge in [0.2, 0.25) is 0 Å². The predicted molar refractivity (Wildman–Crippen MR) is 153 cm³/mol. The number of nitrogens with one attached hydrogen (secondary N) is 2. The number of hydrogen-bond acceptors (Lipinski definition) is 8. The summed E-state index contributed by atoms with van der Waals surface area (Å²) < 4.78 is 57.4. The van der Waals surface area contributed by atoms with Crippen molar-refractivity contribution in [2.75, 3.05) is 36.5 Å². The summed E-state index contributed by atoms with van der Waals surface area (Å²) in [5, 5.41) is 5.44. The second-order valence-electron chi connectivity index (χ2n) is 10.0. The summed E-state index contributed by atoms with van der Waals surface area (Å²) in [6.07, 6.45) is 0.961. The molecule has 2 aliphatic rings. The molecule has 4 N–H and O–H groups in total.